The number of amides is 1. The highest BCUT2D eigenvalue weighted by molar-refractivity contribution is 5.67. The highest BCUT2D eigenvalue weighted by Crippen LogP contribution is 2.40. The van der Waals surface area contributed by atoms with Crippen molar-refractivity contribution in [3.63, 3.8) is 0 Å². The highest BCUT2D eigenvalue weighted by atomic mass is 16.6. The lowest BCUT2D eigenvalue weighted by atomic mass is 9.71. The molecule has 5 nitrogen and oxygen atoms in total. The van der Waals surface area contributed by atoms with Crippen LogP contribution in [-0.2, 0) is 6.54 Å². The lowest BCUT2D eigenvalue weighted by molar-refractivity contribution is 0.177. The normalized spacial score (nSPS) is 11.5. The summed E-state index contributed by atoms with van der Waals surface area (Å²) in [6.07, 6.45) is 15.5. The third-order valence-corrected chi connectivity index (χ3v) is 5.57. The Morgan fingerprint density at radius 3 is 2.04 bits per heavy atom. The average molecular weight is 392 g/mol. The summed E-state index contributed by atoms with van der Waals surface area (Å²) in [6.45, 7) is 8.71. The van der Waals surface area contributed by atoms with E-state index in [9.17, 15) is 4.79 Å². The fourth-order valence-corrected chi connectivity index (χ4v) is 3.91. The van der Waals surface area contributed by atoms with E-state index in [1.807, 2.05) is 6.07 Å². The molecule has 0 radical (unpaired) electrons. The molecule has 3 N–H and O–H groups in total. The number of ether oxygens (including phenoxy) is 1. The number of carbonyl (C=O) groups is 1. The van der Waals surface area contributed by atoms with Crippen LogP contribution in [0.4, 0.5) is 4.79 Å². The summed E-state index contributed by atoms with van der Waals surface area (Å²) in [7, 11) is 0. The largest absolute Gasteiger partial charge is 0.411 e. The van der Waals surface area contributed by atoms with Crippen molar-refractivity contribution in [1.82, 2.24) is 10.3 Å². The second kappa shape index (κ2) is 14.4. The van der Waals surface area contributed by atoms with Gasteiger partial charge in [0.05, 0.1) is 0 Å². The molecule has 0 saturated heterocycles. The first-order valence-electron chi connectivity index (χ1n) is 11.2. The van der Waals surface area contributed by atoms with E-state index in [0.29, 0.717) is 5.41 Å². The van der Waals surface area contributed by atoms with Crippen LogP contribution in [0.1, 0.15) is 97.0 Å². The first-order chi connectivity index (χ1) is 13.5. The monoisotopic (exact) mass is 391 g/mol. The zero-order valence-electron chi connectivity index (χ0n) is 18.3. The van der Waals surface area contributed by atoms with Gasteiger partial charge in [-0.25, -0.2) is 9.78 Å². The van der Waals surface area contributed by atoms with E-state index in [1.54, 1.807) is 12.3 Å². The van der Waals surface area contributed by atoms with E-state index in [4.69, 9.17) is 10.5 Å². The average Bonchev–Trinajstić information content (AvgIpc) is 2.69. The van der Waals surface area contributed by atoms with Gasteiger partial charge >= 0.3 is 6.09 Å². The van der Waals surface area contributed by atoms with Crippen LogP contribution in [-0.4, -0.2) is 17.6 Å². The summed E-state index contributed by atoms with van der Waals surface area (Å²) >= 11 is 0. The molecule has 0 fully saturated rings. The van der Waals surface area contributed by atoms with Gasteiger partial charge in [0.25, 0.3) is 0 Å². The van der Waals surface area contributed by atoms with Gasteiger partial charge in [-0.2, -0.15) is 0 Å². The predicted molar refractivity (Wildman–Crippen MR) is 116 cm³/mol. The fourth-order valence-electron chi connectivity index (χ4n) is 3.91. The maximum atomic E-state index is 10.7. The smallest absolute Gasteiger partial charge is 0.391 e. The Morgan fingerprint density at radius 2 is 1.57 bits per heavy atom. The van der Waals surface area contributed by atoms with Crippen molar-refractivity contribution in [2.75, 3.05) is 6.54 Å². The summed E-state index contributed by atoms with van der Waals surface area (Å²) in [5, 5.41) is 3.53. The van der Waals surface area contributed by atoms with Crippen molar-refractivity contribution in [2.24, 2.45) is 11.1 Å². The number of nitrogens with one attached hydrogen (secondary N) is 1. The van der Waals surface area contributed by atoms with Crippen LogP contribution in [0.3, 0.4) is 0 Å². The Kier molecular flexibility index (Phi) is 12.5. The molecule has 0 unspecified atom stereocenters. The highest BCUT2D eigenvalue weighted by Gasteiger charge is 2.27. The Morgan fingerprint density at radius 1 is 1.00 bits per heavy atom. The predicted octanol–water partition coefficient (Wildman–Crippen LogP) is 5.97. The molecular weight excluding hydrogens is 350 g/mol. The summed E-state index contributed by atoms with van der Waals surface area (Å²) in [4.78, 5) is 14.8. The Balaban J connectivity index is 2.45. The van der Waals surface area contributed by atoms with Crippen molar-refractivity contribution < 1.29 is 9.53 Å². The fraction of sp³-hybridized carbons (Fsp3) is 0.739. The van der Waals surface area contributed by atoms with E-state index in [1.165, 1.54) is 70.6 Å². The minimum atomic E-state index is -0.837. The number of aromatic nitrogens is 1. The molecule has 1 amide bonds. The molecule has 28 heavy (non-hydrogen) atoms. The number of nitrogens with two attached hydrogens (primary N) is 1. The van der Waals surface area contributed by atoms with E-state index in [2.05, 4.69) is 31.1 Å². The zero-order valence-corrected chi connectivity index (χ0v) is 18.3. The van der Waals surface area contributed by atoms with E-state index < -0.39 is 6.09 Å². The first-order valence-corrected chi connectivity index (χ1v) is 11.2. The number of rotatable bonds is 16. The zero-order chi connectivity index (χ0) is 20.7. The third-order valence-electron chi connectivity index (χ3n) is 5.57. The molecule has 0 atom stereocenters. The molecule has 1 aromatic heterocycles. The second-order valence-electron chi connectivity index (χ2n) is 8.02. The summed E-state index contributed by atoms with van der Waals surface area (Å²) in [5.41, 5.74) is 6.60. The van der Waals surface area contributed by atoms with Gasteiger partial charge in [-0.1, -0.05) is 65.4 Å². The van der Waals surface area contributed by atoms with E-state index >= 15 is 0 Å². The van der Waals surface area contributed by atoms with Gasteiger partial charge in [-0.05, 0) is 49.6 Å². The van der Waals surface area contributed by atoms with Gasteiger partial charge in [-0.15, -0.1) is 0 Å². The van der Waals surface area contributed by atoms with Gasteiger partial charge in [0.15, 0.2) is 0 Å². The second-order valence-corrected chi connectivity index (χ2v) is 8.02. The van der Waals surface area contributed by atoms with Gasteiger partial charge in [0.1, 0.15) is 0 Å². The van der Waals surface area contributed by atoms with Crippen LogP contribution in [0.15, 0.2) is 18.3 Å². The Bertz CT molecular complexity index is 509. The molecule has 1 aromatic rings. The summed E-state index contributed by atoms with van der Waals surface area (Å²) < 4.78 is 4.75. The number of nitrogens with zero attached hydrogens (tertiary/aromatic N) is 1. The maximum Gasteiger partial charge on any atom is 0.411 e. The standard InChI is InChI=1S/C23H41N3O2/c1-4-7-13-23(14-8-5-2,15-9-6-3)16-10-17-25-18-20-11-12-21(26-19-20)28-22(24)27/h11-12,19,25H,4-10,13-18H2,1-3H3,(H2,24,27). The molecule has 5 heteroatoms. The lowest BCUT2D eigenvalue weighted by Gasteiger charge is -2.35. The molecule has 0 aliphatic rings. The number of hydrogen-bond donors (Lipinski definition) is 2. The molecule has 160 valence electrons. The van der Waals surface area contributed by atoms with Crippen molar-refractivity contribution in [3.05, 3.63) is 23.9 Å². The molecule has 0 spiro atoms. The molecule has 1 heterocycles. The molecule has 0 bridgehead atoms. The maximum absolute atomic E-state index is 10.7. The van der Waals surface area contributed by atoms with Crippen LogP contribution in [0.2, 0.25) is 0 Å². The number of carbonyl (C=O) groups excluding carboxylic acids is 1. The van der Waals surface area contributed by atoms with Gasteiger partial charge < -0.3 is 15.8 Å². The number of unbranched alkanes of at least 4 members (excludes halogenated alkanes) is 3. The van der Waals surface area contributed by atoms with E-state index in [-0.39, 0.29) is 5.88 Å². The molecule has 0 saturated carbocycles. The number of hydrogen-bond acceptors (Lipinski definition) is 4. The van der Waals surface area contributed by atoms with Crippen LogP contribution in [0, 0.1) is 5.41 Å². The lowest BCUT2D eigenvalue weighted by Crippen LogP contribution is -2.24. The van der Waals surface area contributed by atoms with Gasteiger partial charge in [0, 0.05) is 18.8 Å². The van der Waals surface area contributed by atoms with Gasteiger partial charge in [-0.3, -0.25) is 0 Å². The molecule has 1 rings (SSSR count). The minimum absolute atomic E-state index is 0.240. The van der Waals surface area contributed by atoms with Crippen molar-refractivity contribution in [2.45, 2.75) is 97.9 Å². The van der Waals surface area contributed by atoms with Crippen molar-refractivity contribution in [3.8, 4) is 5.88 Å². The topological polar surface area (TPSA) is 77.2 Å². The molecule has 0 aromatic carbocycles. The summed E-state index contributed by atoms with van der Waals surface area (Å²) in [6, 6.07) is 3.58. The van der Waals surface area contributed by atoms with E-state index in [0.717, 1.165) is 18.7 Å². The molecule has 0 aliphatic carbocycles. The van der Waals surface area contributed by atoms with Crippen molar-refractivity contribution in [1.29, 1.82) is 0 Å². The minimum Gasteiger partial charge on any atom is -0.391 e. The van der Waals surface area contributed by atoms with Crippen molar-refractivity contribution >= 4 is 6.09 Å². The Hall–Kier alpha value is -1.62. The summed E-state index contributed by atoms with van der Waals surface area (Å²) in [5.74, 6) is 0.240. The number of pyridine rings is 1. The third kappa shape index (κ3) is 10.1. The van der Waals surface area contributed by atoms with Crippen LogP contribution < -0.4 is 15.8 Å². The molecule has 0 aliphatic heterocycles. The van der Waals surface area contributed by atoms with Crippen LogP contribution >= 0.6 is 0 Å². The molecular formula is C23H41N3O2. The Labute approximate surface area is 171 Å². The quantitative estimate of drug-likeness (QED) is 0.341. The van der Waals surface area contributed by atoms with Gasteiger partial charge in [0.2, 0.25) is 5.88 Å². The first kappa shape index (κ1) is 24.4. The number of primary amides is 1. The van der Waals surface area contributed by atoms with Crippen LogP contribution in [0.25, 0.3) is 0 Å². The van der Waals surface area contributed by atoms with Crippen LogP contribution in [0.5, 0.6) is 5.88 Å². The SMILES string of the molecule is CCCCC(CCCC)(CCCC)CCCNCc1ccc(OC(N)=O)nc1.